The van der Waals surface area contributed by atoms with Crippen LogP contribution in [0.2, 0.25) is 5.02 Å². The maximum atomic E-state index is 13.9. The van der Waals surface area contributed by atoms with Gasteiger partial charge in [0.15, 0.2) is 5.82 Å². The summed E-state index contributed by atoms with van der Waals surface area (Å²) in [5, 5.41) is 7.34. The molecular formula is C15H19ClFN3O. The molecule has 0 saturated heterocycles. The van der Waals surface area contributed by atoms with E-state index in [1.54, 1.807) is 12.1 Å². The third-order valence-electron chi connectivity index (χ3n) is 3.53. The van der Waals surface area contributed by atoms with Crippen molar-refractivity contribution in [2.24, 2.45) is 0 Å². The van der Waals surface area contributed by atoms with Crippen LogP contribution in [0.25, 0.3) is 0 Å². The lowest BCUT2D eigenvalue weighted by Gasteiger charge is -2.16. The second-order valence-corrected chi connectivity index (χ2v) is 5.48. The largest absolute Gasteiger partial charge is 0.339 e. The molecule has 0 aliphatic carbocycles. The lowest BCUT2D eigenvalue weighted by molar-refractivity contribution is 0.330. The number of rotatable bonds is 6. The van der Waals surface area contributed by atoms with E-state index < -0.39 is 5.82 Å². The van der Waals surface area contributed by atoms with E-state index >= 15 is 0 Å². The first kappa shape index (κ1) is 15.9. The van der Waals surface area contributed by atoms with Crippen LogP contribution in [-0.2, 0) is 6.42 Å². The topological polar surface area (TPSA) is 51.0 Å². The van der Waals surface area contributed by atoms with Gasteiger partial charge in [0.2, 0.25) is 5.89 Å². The van der Waals surface area contributed by atoms with Gasteiger partial charge in [0.25, 0.3) is 0 Å². The maximum absolute atomic E-state index is 13.9. The van der Waals surface area contributed by atoms with Gasteiger partial charge in [-0.25, -0.2) is 4.39 Å². The minimum atomic E-state index is -0.431. The van der Waals surface area contributed by atoms with Crippen LogP contribution >= 0.6 is 11.6 Å². The van der Waals surface area contributed by atoms with E-state index in [4.69, 9.17) is 16.1 Å². The lowest BCUT2D eigenvalue weighted by Crippen LogP contribution is -2.30. The third kappa shape index (κ3) is 3.80. The Morgan fingerprint density at radius 1 is 1.38 bits per heavy atom. The first-order chi connectivity index (χ1) is 10.0. The summed E-state index contributed by atoms with van der Waals surface area (Å²) in [6, 6.07) is 5.12. The lowest BCUT2D eigenvalue weighted by atomic mass is 10.0. The van der Waals surface area contributed by atoms with Crippen molar-refractivity contribution < 1.29 is 8.91 Å². The number of hydrogen-bond donors (Lipinski definition) is 1. The molecular weight excluding hydrogens is 293 g/mol. The van der Waals surface area contributed by atoms with E-state index in [-0.39, 0.29) is 23.4 Å². The summed E-state index contributed by atoms with van der Waals surface area (Å²) in [5.41, 5.74) is 0.460. The van der Waals surface area contributed by atoms with E-state index in [9.17, 15) is 4.39 Å². The molecule has 114 valence electrons. The molecule has 1 aromatic heterocycles. The minimum absolute atomic E-state index is 0.0930. The SMILES string of the molecule is CCNC(C)C(C)c1nc(Cc2cccc(Cl)c2F)no1. The Labute approximate surface area is 128 Å². The van der Waals surface area contributed by atoms with Crippen molar-refractivity contribution in [2.45, 2.75) is 39.2 Å². The van der Waals surface area contributed by atoms with Gasteiger partial charge in [0.1, 0.15) is 5.82 Å². The van der Waals surface area contributed by atoms with Crippen molar-refractivity contribution in [1.82, 2.24) is 15.5 Å². The van der Waals surface area contributed by atoms with Crippen LogP contribution in [-0.4, -0.2) is 22.7 Å². The molecule has 0 spiro atoms. The molecule has 1 aromatic carbocycles. The molecule has 4 nitrogen and oxygen atoms in total. The summed E-state index contributed by atoms with van der Waals surface area (Å²) in [6.07, 6.45) is 0.262. The molecule has 2 aromatic rings. The Kier molecular flexibility index (Phi) is 5.31. The molecule has 0 saturated carbocycles. The average molecular weight is 312 g/mol. The summed E-state index contributed by atoms with van der Waals surface area (Å²) in [5.74, 6) is 0.678. The van der Waals surface area contributed by atoms with Gasteiger partial charge in [0, 0.05) is 12.5 Å². The molecule has 6 heteroatoms. The fourth-order valence-electron chi connectivity index (χ4n) is 2.09. The number of nitrogens with zero attached hydrogens (tertiary/aromatic N) is 2. The van der Waals surface area contributed by atoms with Crippen LogP contribution in [0, 0.1) is 5.82 Å². The second kappa shape index (κ2) is 7.00. The van der Waals surface area contributed by atoms with Gasteiger partial charge in [-0.3, -0.25) is 0 Å². The Balaban J connectivity index is 2.11. The van der Waals surface area contributed by atoms with Crippen molar-refractivity contribution in [2.75, 3.05) is 6.54 Å². The van der Waals surface area contributed by atoms with E-state index in [1.165, 1.54) is 6.07 Å². The highest BCUT2D eigenvalue weighted by atomic mass is 35.5. The fourth-order valence-corrected chi connectivity index (χ4v) is 2.29. The second-order valence-electron chi connectivity index (χ2n) is 5.07. The highest BCUT2D eigenvalue weighted by Crippen LogP contribution is 2.21. The Bertz CT molecular complexity index is 602. The van der Waals surface area contributed by atoms with Crippen LogP contribution in [0.15, 0.2) is 22.7 Å². The summed E-state index contributed by atoms with van der Waals surface area (Å²) in [6.45, 7) is 7.00. The smallest absolute Gasteiger partial charge is 0.231 e. The van der Waals surface area contributed by atoms with Crippen molar-refractivity contribution in [3.63, 3.8) is 0 Å². The predicted octanol–water partition coefficient (Wildman–Crippen LogP) is 3.55. The zero-order chi connectivity index (χ0) is 15.4. The van der Waals surface area contributed by atoms with E-state index in [0.717, 1.165) is 6.54 Å². The molecule has 0 amide bonds. The van der Waals surface area contributed by atoms with Crippen LogP contribution in [0.5, 0.6) is 0 Å². The average Bonchev–Trinajstić information content (AvgIpc) is 2.92. The summed E-state index contributed by atoms with van der Waals surface area (Å²) < 4.78 is 19.1. The predicted molar refractivity (Wildman–Crippen MR) is 80.1 cm³/mol. The highest BCUT2D eigenvalue weighted by Gasteiger charge is 2.20. The van der Waals surface area contributed by atoms with Crippen molar-refractivity contribution in [3.05, 3.63) is 46.3 Å². The molecule has 2 atom stereocenters. The summed E-state index contributed by atoms with van der Waals surface area (Å²) >= 11 is 5.76. The van der Waals surface area contributed by atoms with Crippen LogP contribution in [0.3, 0.4) is 0 Å². The third-order valence-corrected chi connectivity index (χ3v) is 3.82. The Morgan fingerprint density at radius 3 is 2.86 bits per heavy atom. The molecule has 1 heterocycles. The van der Waals surface area contributed by atoms with Gasteiger partial charge in [-0.15, -0.1) is 0 Å². The number of aromatic nitrogens is 2. The van der Waals surface area contributed by atoms with Crippen LogP contribution < -0.4 is 5.32 Å². The maximum Gasteiger partial charge on any atom is 0.231 e. The zero-order valence-corrected chi connectivity index (χ0v) is 13.1. The quantitative estimate of drug-likeness (QED) is 0.886. The van der Waals surface area contributed by atoms with Gasteiger partial charge < -0.3 is 9.84 Å². The van der Waals surface area contributed by atoms with Gasteiger partial charge in [-0.2, -0.15) is 4.98 Å². The van der Waals surface area contributed by atoms with Gasteiger partial charge >= 0.3 is 0 Å². The van der Waals surface area contributed by atoms with Gasteiger partial charge in [0.05, 0.1) is 10.9 Å². The molecule has 0 aliphatic rings. The van der Waals surface area contributed by atoms with Crippen LogP contribution in [0.4, 0.5) is 4.39 Å². The first-order valence-corrected chi connectivity index (χ1v) is 7.39. The molecule has 0 aliphatic heterocycles. The number of hydrogen-bond acceptors (Lipinski definition) is 4. The molecule has 0 fully saturated rings. The summed E-state index contributed by atoms with van der Waals surface area (Å²) in [4.78, 5) is 4.35. The number of nitrogens with one attached hydrogen (secondary N) is 1. The van der Waals surface area contributed by atoms with E-state index in [2.05, 4.69) is 22.4 Å². The van der Waals surface area contributed by atoms with E-state index in [0.29, 0.717) is 17.3 Å². The van der Waals surface area contributed by atoms with Gasteiger partial charge in [-0.1, -0.05) is 42.7 Å². The number of likely N-dealkylation sites (N-methyl/N-ethyl adjacent to an activating group) is 1. The normalized spacial score (nSPS) is 14.1. The number of halogens is 2. The highest BCUT2D eigenvalue weighted by molar-refractivity contribution is 6.30. The molecule has 0 bridgehead atoms. The Hall–Kier alpha value is -1.46. The molecule has 1 N–H and O–H groups in total. The van der Waals surface area contributed by atoms with Crippen LogP contribution in [0.1, 0.15) is 44.0 Å². The minimum Gasteiger partial charge on any atom is -0.339 e. The van der Waals surface area contributed by atoms with Crippen molar-refractivity contribution >= 4 is 11.6 Å². The molecule has 2 unspecified atom stereocenters. The molecule has 21 heavy (non-hydrogen) atoms. The Morgan fingerprint density at radius 2 is 2.14 bits per heavy atom. The van der Waals surface area contributed by atoms with Crippen molar-refractivity contribution in [1.29, 1.82) is 0 Å². The standard InChI is InChI=1S/C15H19ClFN3O/c1-4-18-10(3)9(2)15-19-13(20-21-15)8-11-6-5-7-12(16)14(11)17/h5-7,9-10,18H,4,8H2,1-3H3. The summed E-state index contributed by atoms with van der Waals surface area (Å²) in [7, 11) is 0. The first-order valence-electron chi connectivity index (χ1n) is 7.01. The monoisotopic (exact) mass is 311 g/mol. The van der Waals surface area contributed by atoms with Gasteiger partial charge in [-0.05, 0) is 25.1 Å². The van der Waals surface area contributed by atoms with E-state index in [1.807, 2.05) is 13.8 Å². The number of benzene rings is 1. The zero-order valence-electron chi connectivity index (χ0n) is 12.4. The molecule has 2 rings (SSSR count). The molecule has 0 radical (unpaired) electrons. The fraction of sp³-hybridized carbons (Fsp3) is 0.467. The van der Waals surface area contributed by atoms with Crippen molar-refractivity contribution in [3.8, 4) is 0 Å².